The zero-order chi connectivity index (χ0) is 15.8. The molecule has 0 bridgehead atoms. The van der Waals surface area contributed by atoms with Crippen LogP contribution in [0.5, 0.6) is 11.5 Å². The molecule has 22 heavy (non-hydrogen) atoms. The van der Waals surface area contributed by atoms with Crippen LogP contribution in [0.2, 0.25) is 0 Å². The Bertz CT molecular complexity index is 641. The molecule has 3 N–H and O–H groups in total. The lowest BCUT2D eigenvalue weighted by Gasteiger charge is -2.12. The third-order valence-corrected chi connectivity index (χ3v) is 2.86. The van der Waals surface area contributed by atoms with Crippen LogP contribution in [0.3, 0.4) is 0 Å². The first kappa shape index (κ1) is 15.7. The molecule has 2 aromatic carbocycles. The molecular weight excluding hydrogens is 278 g/mol. The van der Waals surface area contributed by atoms with Gasteiger partial charge >= 0.3 is 0 Å². The predicted octanol–water partition coefficient (Wildman–Crippen LogP) is 3.54. The van der Waals surface area contributed by atoms with E-state index < -0.39 is 0 Å². The monoisotopic (exact) mass is 299 g/mol. The smallest absolute Gasteiger partial charge is 0.198 e. The second kappa shape index (κ2) is 7.93. The summed E-state index contributed by atoms with van der Waals surface area (Å²) in [4.78, 5) is 4.38. The number of para-hydroxylation sites is 4. The molecule has 0 unspecified atom stereocenters. The molecule has 0 saturated carbocycles. The number of rotatable bonds is 6. The predicted molar refractivity (Wildman–Crippen MR) is 90.1 cm³/mol. The topological polar surface area (TPSA) is 68.9 Å². The highest BCUT2D eigenvalue weighted by Crippen LogP contribution is 2.28. The van der Waals surface area contributed by atoms with Gasteiger partial charge in [0.2, 0.25) is 0 Å². The van der Waals surface area contributed by atoms with Crippen LogP contribution >= 0.6 is 0 Å². The van der Waals surface area contributed by atoms with Crippen molar-refractivity contribution in [1.82, 2.24) is 0 Å². The molecule has 2 rings (SSSR count). The van der Waals surface area contributed by atoms with E-state index in [1.54, 1.807) is 0 Å². The van der Waals surface area contributed by atoms with Crippen LogP contribution in [0.15, 0.2) is 53.5 Å². The lowest BCUT2D eigenvalue weighted by molar-refractivity contribution is 0.341. The number of nitrogens with two attached hydrogens (primary N) is 1. The van der Waals surface area contributed by atoms with E-state index in [1.807, 2.05) is 62.4 Å². The third kappa shape index (κ3) is 4.15. The Morgan fingerprint density at radius 1 is 0.955 bits per heavy atom. The quantitative estimate of drug-likeness (QED) is 0.632. The number of aliphatic imine (C=N–C) groups is 1. The lowest BCUT2D eigenvalue weighted by Crippen LogP contribution is -2.22. The van der Waals surface area contributed by atoms with Crippen LogP contribution in [-0.4, -0.2) is 19.2 Å². The van der Waals surface area contributed by atoms with Gasteiger partial charge in [-0.1, -0.05) is 24.3 Å². The van der Waals surface area contributed by atoms with Gasteiger partial charge in [0.15, 0.2) is 5.96 Å². The highest BCUT2D eigenvalue weighted by Gasteiger charge is 2.05. The third-order valence-electron chi connectivity index (χ3n) is 2.86. The van der Waals surface area contributed by atoms with Gasteiger partial charge in [0, 0.05) is 0 Å². The highest BCUT2D eigenvalue weighted by molar-refractivity contribution is 5.95. The summed E-state index contributed by atoms with van der Waals surface area (Å²) >= 11 is 0. The number of nitrogens with zero attached hydrogens (tertiary/aromatic N) is 1. The van der Waals surface area contributed by atoms with E-state index in [0.29, 0.717) is 24.7 Å². The van der Waals surface area contributed by atoms with Crippen molar-refractivity contribution < 1.29 is 9.47 Å². The fourth-order valence-electron chi connectivity index (χ4n) is 1.97. The Morgan fingerprint density at radius 3 is 2.27 bits per heavy atom. The average Bonchev–Trinajstić information content (AvgIpc) is 2.52. The number of anilines is 1. The number of hydrogen-bond donors (Lipinski definition) is 2. The first-order chi connectivity index (χ1) is 10.7. The zero-order valence-electron chi connectivity index (χ0n) is 12.9. The zero-order valence-corrected chi connectivity index (χ0v) is 12.9. The van der Waals surface area contributed by atoms with Gasteiger partial charge in [0.05, 0.1) is 18.9 Å². The second-order valence-electron chi connectivity index (χ2n) is 4.45. The van der Waals surface area contributed by atoms with Crippen molar-refractivity contribution in [2.75, 3.05) is 18.5 Å². The molecule has 0 spiro atoms. The van der Waals surface area contributed by atoms with E-state index in [1.165, 1.54) is 0 Å². The fraction of sp³-hybridized carbons (Fsp3) is 0.235. The van der Waals surface area contributed by atoms with Gasteiger partial charge in [-0.05, 0) is 38.1 Å². The molecule has 0 amide bonds. The largest absolute Gasteiger partial charge is 0.492 e. The molecule has 0 aromatic heterocycles. The van der Waals surface area contributed by atoms with Crippen LogP contribution in [0.4, 0.5) is 11.4 Å². The maximum atomic E-state index is 6.00. The summed E-state index contributed by atoms with van der Waals surface area (Å²) in [6.45, 7) is 5.03. The minimum atomic E-state index is 0.277. The van der Waals surface area contributed by atoms with Crippen LogP contribution in [0, 0.1) is 0 Å². The van der Waals surface area contributed by atoms with Crippen LogP contribution < -0.4 is 20.5 Å². The van der Waals surface area contributed by atoms with Gasteiger partial charge in [-0.3, -0.25) is 0 Å². The van der Waals surface area contributed by atoms with E-state index in [9.17, 15) is 0 Å². The van der Waals surface area contributed by atoms with Gasteiger partial charge in [-0.2, -0.15) is 0 Å². The average molecular weight is 299 g/mol. The second-order valence-corrected chi connectivity index (χ2v) is 4.45. The van der Waals surface area contributed by atoms with Crippen molar-refractivity contribution in [3.63, 3.8) is 0 Å². The van der Waals surface area contributed by atoms with E-state index >= 15 is 0 Å². The summed E-state index contributed by atoms with van der Waals surface area (Å²) in [5.74, 6) is 1.72. The minimum absolute atomic E-state index is 0.277. The van der Waals surface area contributed by atoms with Crippen LogP contribution in [0.25, 0.3) is 0 Å². The number of nitrogens with one attached hydrogen (secondary N) is 1. The normalized spacial score (nSPS) is 11.1. The number of guanidine groups is 1. The molecule has 5 heteroatoms. The van der Waals surface area contributed by atoms with Crippen molar-refractivity contribution in [3.8, 4) is 11.5 Å². The van der Waals surface area contributed by atoms with E-state index in [2.05, 4.69) is 10.3 Å². The molecule has 0 heterocycles. The van der Waals surface area contributed by atoms with Crippen LogP contribution in [0.1, 0.15) is 13.8 Å². The molecule has 0 atom stereocenters. The van der Waals surface area contributed by atoms with Gasteiger partial charge in [0.25, 0.3) is 0 Å². The highest BCUT2D eigenvalue weighted by atomic mass is 16.5. The Labute approximate surface area is 130 Å². The van der Waals surface area contributed by atoms with E-state index in [0.717, 1.165) is 11.4 Å². The minimum Gasteiger partial charge on any atom is -0.492 e. The van der Waals surface area contributed by atoms with Crippen molar-refractivity contribution in [1.29, 1.82) is 0 Å². The number of hydrogen-bond acceptors (Lipinski definition) is 3. The number of ether oxygens (including phenoxy) is 2. The SMILES string of the molecule is CCOc1ccccc1N=C(N)Nc1ccccc1OCC. The van der Waals surface area contributed by atoms with E-state index in [4.69, 9.17) is 15.2 Å². The standard InChI is InChI=1S/C17H21N3O2/c1-3-21-15-11-7-5-9-13(15)19-17(18)20-14-10-6-8-12-16(14)22-4-2/h5-12H,3-4H2,1-2H3,(H3,18,19,20). The maximum absolute atomic E-state index is 6.00. The fourth-order valence-corrected chi connectivity index (χ4v) is 1.97. The molecule has 0 fully saturated rings. The Hall–Kier alpha value is -2.69. The Kier molecular flexibility index (Phi) is 5.65. The Morgan fingerprint density at radius 2 is 1.55 bits per heavy atom. The number of benzene rings is 2. The molecule has 0 radical (unpaired) electrons. The first-order valence-electron chi connectivity index (χ1n) is 7.29. The van der Waals surface area contributed by atoms with Gasteiger partial charge in [-0.25, -0.2) is 4.99 Å². The van der Waals surface area contributed by atoms with Gasteiger partial charge in [0.1, 0.15) is 17.2 Å². The molecular formula is C17H21N3O2. The molecule has 2 aromatic rings. The summed E-state index contributed by atoms with van der Waals surface area (Å²) in [7, 11) is 0. The molecule has 0 aliphatic heterocycles. The molecule has 5 nitrogen and oxygen atoms in total. The van der Waals surface area contributed by atoms with E-state index in [-0.39, 0.29) is 5.96 Å². The summed E-state index contributed by atoms with van der Waals surface area (Å²) in [6, 6.07) is 15.1. The van der Waals surface area contributed by atoms with Crippen LogP contribution in [-0.2, 0) is 0 Å². The molecule has 0 aliphatic rings. The summed E-state index contributed by atoms with van der Waals surface area (Å²) in [5, 5.41) is 3.06. The van der Waals surface area contributed by atoms with Gasteiger partial charge < -0.3 is 20.5 Å². The molecule has 0 saturated heterocycles. The Balaban J connectivity index is 2.20. The van der Waals surface area contributed by atoms with Crippen molar-refractivity contribution in [2.24, 2.45) is 10.7 Å². The maximum Gasteiger partial charge on any atom is 0.198 e. The van der Waals surface area contributed by atoms with Crippen molar-refractivity contribution >= 4 is 17.3 Å². The van der Waals surface area contributed by atoms with Gasteiger partial charge in [-0.15, -0.1) is 0 Å². The summed E-state index contributed by atoms with van der Waals surface area (Å²) < 4.78 is 11.1. The molecule has 0 aliphatic carbocycles. The molecule has 116 valence electrons. The van der Waals surface area contributed by atoms with Crippen molar-refractivity contribution in [3.05, 3.63) is 48.5 Å². The summed E-state index contributed by atoms with van der Waals surface area (Å²) in [6.07, 6.45) is 0. The summed E-state index contributed by atoms with van der Waals surface area (Å²) in [5.41, 5.74) is 7.46. The van der Waals surface area contributed by atoms with Crippen molar-refractivity contribution in [2.45, 2.75) is 13.8 Å². The lowest BCUT2D eigenvalue weighted by atomic mass is 10.3. The first-order valence-corrected chi connectivity index (χ1v) is 7.29.